The van der Waals surface area contributed by atoms with E-state index in [9.17, 15) is 0 Å². The van der Waals surface area contributed by atoms with E-state index in [0.717, 1.165) is 13.1 Å². The molecule has 0 unspecified atom stereocenters. The van der Waals surface area contributed by atoms with Gasteiger partial charge in [0.15, 0.2) is 0 Å². The topological polar surface area (TPSA) is 35.6 Å². The van der Waals surface area contributed by atoms with Gasteiger partial charge in [0.25, 0.3) is 0 Å². The number of rotatable bonds is 0. The van der Waals surface area contributed by atoms with E-state index < -0.39 is 0 Å². The summed E-state index contributed by atoms with van der Waals surface area (Å²) in [6.07, 6.45) is 10.1. The molecule has 0 saturated carbocycles. The Labute approximate surface area is 101 Å². The molecule has 17 heavy (non-hydrogen) atoms. The molecule has 0 fully saturated rings. The first-order valence-electron chi connectivity index (χ1n) is 6.45. The van der Waals surface area contributed by atoms with Gasteiger partial charge in [0.2, 0.25) is 0 Å². The number of hydrogen-bond donors (Lipinski definition) is 0. The predicted octanol–water partition coefficient (Wildman–Crippen LogP) is 2.05. The van der Waals surface area contributed by atoms with Gasteiger partial charge in [-0.05, 0) is 44.2 Å². The summed E-state index contributed by atoms with van der Waals surface area (Å²) in [4.78, 5) is 0. The second-order valence-corrected chi connectivity index (χ2v) is 4.65. The van der Waals surface area contributed by atoms with Gasteiger partial charge in [-0.15, -0.1) is 0 Å². The van der Waals surface area contributed by atoms with E-state index in [1.165, 1.54) is 43.5 Å². The van der Waals surface area contributed by atoms with Crippen molar-refractivity contribution < 1.29 is 0 Å². The highest BCUT2D eigenvalue weighted by atomic mass is 15.3. The van der Waals surface area contributed by atoms with Crippen LogP contribution in [0.2, 0.25) is 0 Å². The number of aromatic nitrogens is 4. The Morgan fingerprint density at radius 3 is 2.00 bits per heavy atom. The molecule has 0 spiro atoms. The van der Waals surface area contributed by atoms with Crippen molar-refractivity contribution in [3.63, 3.8) is 0 Å². The van der Waals surface area contributed by atoms with E-state index in [-0.39, 0.29) is 0 Å². The first kappa shape index (κ1) is 10.6. The molecule has 0 radical (unpaired) electrons. The van der Waals surface area contributed by atoms with Crippen LogP contribution >= 0.6 is 0 Å². The molecule has 0 aromatic carbocycles. The molecule has 2 aromatic rings. The molecular weight excluding hydrogens is 212 g/mol. The highest BCUT2D eigenvalue weighted by Gasteiger charge is 2.08. The van der Waals surface area contributed by atoms with E-state index in [2.05, 4.69) is 31.7 Å². The summed E-state index contributed by atoms with van der Waals surface area (Å²) >= 11 is 0. The van der Waals surface area contributed by atoms with Gasteiger partial charge >= 0.3 is 0 Å². The molecule has 0 atom stereocenters. The SMILES string of the molecule is c1cc2n(n1)CCC2.c1cc2n(n1)CCCC2. The van der Waals surface area contributed by atoms with E-state index in [0.29, 0.717) is 0 Å². The zero-order valence-electron chi connectivity index (χ0n) is 10.0. The fourth-order valence-corrected chi connectivity index (χ4v) is 2.53. The van der Waals surface area contributed by atoms with Gasteiger partial charge in [-0.1, -0.05) is 0 Å². The zero-order valence-corrected chi connectivity index (χ0v) is 10.0. The summed E-state index contributed by atoms with van der Waals surface area (Å²) in [5.74, 6) is 0. The van der Waals surface area contributed by atoms with Crippen molar-refractivity contribution in [3.05, 3.63) is 35.9 Å². The Kier molecular flexibility index (Phi) is 2.94. The van der Waals surface area contributed by atoms with Gasteiger partial charge < -0.3 is 0 Å². The van der Waals surface area contributed by atoms with Crippen LogP contribution in [0.5, 0.6) is 0 Å². The van der Waals surface area contributed by atoms with Gasteiger partial charge in [-0.25, -0.2) is 0 Å². The smallest absolute Gasteiger partial charge is 0.0492 e. The van der Waals surface area contributed by atoms with Crippen LogP contribution in [-0.4, -0.2) is 19.6 Å². The number of nitrogens with zero attached hydrogens (tertiary/aromatic N) is 4. The van der Waals surface area contributed by atoms with Gasteiger partial charge in [-0.2, -0.15) is 10.2 Å². The molecule has 4 heteroatoms. The maximum Gasteiger partial charge on any atom is 0.0492 e. The molecule has 4 rings (SSSR count). The largest absolute Gasteiger partial charge is 0.270 e. The molecule has 0 aliphatic carbocycles. The predicted molar refractivity (Wildman–Crippen MR) is 65.7 cm³/mol. The number of fused-ring (bicyclic) bond motifs is 2. The minimum atomic E-state index is 1.13. The normalized spacial score (nSPS) is 16.9. The number of hydrogen-bond acceptors (Lipinski definition) is 2. The Bertz CT molecular complexity index is 444. The van der Waals surface area contributed by atoms with Crippen molar-refractivity contribution in [2.75, 3.05) is 0 Å². The third-order valence-electron chi connectivity index (χ3n) is 3.46. The molecule has 0 saturated heterocycles. The lowest BCUT2D eigenvalue weighted by Gasteiger charge is -2.11. The van der Waals surface area contributed by atoms with Crippen LogP contribution in [0.3, 0.4) is 0 Å². The summed E-state index contributed by atoms with van der Waals surface area (Å²) in [5, 5.41) is 8.29. The van der Waals surface area contributed by atoms with Crippen LogP contribution < -0.4 is 0 Å². The minimum Gasteiger partial charge on any atom is -0.270 e. The van der Waals surface area contributed by atoms with Gasteiger partial charge in [0.1, 0.15) is 0 Å². The van der Waals surface area contributed by atoms with Crippen LogP contribution in [-0.2, 0) is 25.9 Å². The molecule has 2 aromatic heterocycles. The average Bonchev–Trinajstić information content (AvgIpc) is 3.06. The first-order chi connectivity index (χ1) is 8.43. The van der Waals surface area contributed by atoms with Crippen molar-refractivity contribution in [1.29, 1.82) is 0 Å². The molecule has 2 aliphatic heterocycles. The monoisotopic (exact) mass is 230 g/mol. The molecule has 0 amide bonds. The summed E-state index contributed by atoms with van der Waals surface area (Å²) < 4.78 is 4.17. The first-order valence-corrected chi connectivity index (χ1v) is 6.45. The van der Waals surface area contributed by atoms with Crippen LogP contribution in [0, 0.1) is 0 Å². The Balaban J connectivity index is 0.000000107. The summed E-state index contributed by atoms with van der Waals surface area (Å²) in [5.41, 5.74) is 2.80. The van der Waals surface area contributed by atoms with Crippen molar-refractivity contribution in [3.8, 4) is 0 Å². The highest BCUT2D eigenvalue weighted by Crippen LogP contribution is 2.12. The van der Waals surface area contributed by atoms with Crippen molar-refractivity contribution >= 4 is 0 Å². The van der Waals surface area contributed by atoms with Gasteiger partial charge in [0, 0.05) is 36.9 Å². The average molecular weight is 230 g/mol. The molecule has 90 valence electrons. The summed E-state index contributed by atoms with van der Waals surface area (Å²) in [7, 11) is 0. The maximum atomic E-state index is 4.17. The van der Waals surface area contributed by atoms with E-state index in [1.807, 2.05) is 12.4 Å². The van der Waals surface area contributed by atoms with Gasteiger partial charge in [0.05, 0.1) is 0 Å². The molecule has 0 bridgehead atoms. The van der Waals surface area contributed by atoms with Crippen LogP contribution in [0.4, 0.5) is 0 Å². The fourth-order valence-electron chi connectivity index (χ4n) is 2.53. The Hall–Kier alpha value is -1.58. The summed E-state index contributed by atoms with van der Waals surface area (Å²) in [6.45, 7) is 2.25. The van der Waals surface area contributed by atoms with Crippen molar-refractivity contribution in [2.24, 2.45) is 0 Å². The quantitative estimate of drug-likeness (QED) is 0.694. The highest BCUT2D eigenvalue weighted by molar-refractivity contribution is 5.03. The minimum absolute atomic E-state index is 1.13. The third kappa shape index (κ3) is 2.25. The molecular formula is C13H18N4. The van der Waals surface area contributed by atoms with Crippen LogP contribution in [0.15, 0.2) is 24.5 Å². The molecule has 4 nitrogen and oxygen atoms in total. The van der Waals surface area contributed by atoms with Crippen molar-refractivity contribution in [1.82, 2.24) is 19.6 Å². The van der Waals surface area contributed by atoms with Crippen LogP contribution in [0.25, 0.3) is 0 Å². The van der Waals surface area contributed by atoms with E-state index >= 15 is 0 Å². The molecule has 4 heterocycles. The third-order valence-corrected chi connectivity index (χ3v) is 3.46. The maximum absolute atomic E-state index is 4.17. The van der Waals surface area contributed by atoms with Crippen molar-refractivity contribution in [2.45, 2.75) is 45.2 Å². The Morgan fingerprint density at radius 2 is 1.35 bits per heavy atom. The number of aryl methyl sites for hydroxylation is 4. The lowest BCUT2D eigenvalue weighted by molar-refractivity contribution is 0.486. The standard InChI is InChI=1S/C7H10N2.C6H8N2/c1-2-6-9-7(3-1)4-5-8-9;1-2-6-3-4-7-8(6)5-1/h4-5H,1-3,6H2;3-4H,1-2,5H2. The lowest BCUT2D eigenvalue weighted by atomic mass is 10.1. The Morgan fingerprint density at radius 1 is 0.765 bits per heavy atom. The molecule has 0 N–H and O–H groups in total. The fraction of sp³-hybridized carbons (Fsp3) is 0.538. The molecule has 2 aliphatic rings. The zero-order chi connectivity index (χ0) is 11.5. The second kappa shape index (κ2) is 4.73. The summed E-state index contributed by atoms with van der Waals surface area (Å²) in [6, 6.07) is 4.20. The van der Waals surface area contributed by atoms with E-state index in [4.69, 9.17) is 0 Å². The second-order valence-electron chi connectivity index (χ2n) is 4.65. The van der Waals surface area contributed by atoms with E-state index in [1.54, 1.807) is 0 Å². The van der Waals surface area contributed by atoms with Gasteiger partial charge in [-0.3, -0.25) is 9.36 Å². The van der Waals surface area contributed by atoms with Crippen LogP contribution in [0.1, 0.15) is 30.7 Å². The lowest BCUT2D eigenvalue weighted by Crippen LogP contribution is -2.10.